The van der Waals surface area contributed by atoms with E-state index in [0.717, 1.165) is 5.33 Å². The second-order valence-corrected chi connectivity index (χ2v) is 5.23. The second kappa shape index (κ2) is 3.55. The maximum Gasteiger partial charge on any atom is 0.0696 e. The van der Waals surface area contributed by atoms with Crippen LogP contribution in [0.15, 0.2) is 24.3 Å². The Morgan fingerprint density at radius 1 is 1.40 bits per heavy atom. The molecular formula is C7H7Br3. The number of halogens is 3. The topological polar surface area (TPSA) is 0 Å². The average molecular weight is 331 g/mol. The minimum absolute atomic E-state index is 0.0573. The molecule has 0 aromatic carbocycles. The molecule has 0 nitrogen and oxygen atoms in total. The van der Waals surface area contributed by atoms with Gasteiger partial charge in [0, 0.05) is 5.33 Å². The van der Waals surface area contributed by atoms with Crippen molar-refractivity contribution in [3.05, 3.63) is 24.3 Å². The van der Waals surface area contributed by atoms with Crippen LogP contribution in [0.2, 0.25) is 0 Å². The Labute approximate surface area is 86.1 Å². The predicted molar refractivity (Wildman–Crippen MR) is 56.4 cm³/mol. The van der Waals surface area contributed by atoms with E-state index in [2.05, 4.69) is 59.9 Å². The highest BCUT2D eigenvalue weighted by molar-refractivity contribution is 9.14. The van der Waals surface area contributed by atoms with Crippen LogP contribution in [0.3, 0.4) is 0 Å². The molecule has 0 saturated heterocycles. The third kappa shape index (κ3) is 1.74. The number of hydrogen-bond donors (Lipinski definition) is 0. The van der Waals surface area contributed by atoms with E-state index in [1.54, 1.807) is 0 Å². The number of alkyl halides is 3. The molecule has 0 spiro atoms. The summed E-state index contributed by atoms with van der Waals surface area (Å²) < 4.78 is 0.0573. The van der Waals surface area contributed by atoms with Crippen LogP contribution in [0.1, 0.15) is 0 Å². The first-order valence-electron chi connectivity index (χ1n) is 2.94. The van der Waals surface area contributed by atoms with Crippen molar-refractivity contribution in [1.29, 1.82) is 0 Å². The summed E-state index contributed by atoms with van der Waals surface area (Å²) in [7, 11) is 0. The summed E-state index contributed by atoms with van der Waals surface area (Å²) in [6, 6.07) is 0. The van der Waals surface area contributed by atoms with Crippen LogP contribution in [-0.2, 0) is 0 Å². The third-order valence-electron chi connectivity index (χ3n) is 1.43. The lowest BCUT2D eigenvalue weighted by Gasteiger charge is -2.26. The van der Waals surface area contributed by atoms with Crippen molar-refractivity contribution < 1.29 is 0 Å². The van der Waals surface area contributed by atoms with Crippen molar-refractivity contribution in [3.63, 3.8) is 0 Å². The highest BCUT2D eigenvalue weighted by Gasteiger charge is 2.30. The Hall–Kier alpha value is 0.920. The Balaban J connectivity index is 2.77. The van der Waals surface area contributed by atoms with Crippen LogP contribution in [0.25, 0.3) is 0 Å². The fraction of sp³-hybridized carbons (Fsp3) is 0.429. The van der Waals surface area contributed by atoms with E-state index >= 15 is 0 Å². The molecule has 0 aliphatic heterocycles. The Kier molecular flexibility index (Phi) is 3.20. The van der Waals surface area contributed by atoms with Crippen LogP contribution in [0.5, 0.6) is 0 Å². The van der Waals surface area contributed by atoms with Gasteiger partial charge in [0.2, 0.25) is 0 Å². The molecular weight excluding hydrogens is 324 g/mol. The van der Waals surface area contributed by atoms with Crippen molar-refractivity contribution in [2.75, 3.05) is 5.33 Å². The minimum Gasteiger partial charge on any atom is -0.0909 e. The molecule has 0 saturated carbocycles. The lowest BCUT2D eigenvalue weighted by atomic mass is 10.0. The van der Waals surface area contributed by atoms with Crippen molar-refractivity contribution in [2.45, 2.75) is 9.15 Å². The molecule has 2 atom stereocenters. The summed E-state index contributed by atoms with van der Waals surface area (Å²) in [5.41, 5.74) is 0. The number of hydrogen-bond acceptors (Lipinski definition) is 0. The number of rotatable bonds is 1. The zero-order chi connectivity index (χ0) is 7.61. The molecule has 2 unspecified atom stereocenters. The fourth-order valence-electron chi connectivity index (χ4n) is 0.747. The molecule has 0 heterocycles. The van der Waals surface area contributed by atoms with Crippen LogP contribution in [0, 0.1) is 0 Å². The maximum absolute atomic E-state index is 3.63. The van der Waals surface area contributed by atoms with Gasteiger partial charge in [0.1, 0.15) is 0 Å². The van der Waals surface area contributed by atoms with Crippen LogP contribution in [0.4, 0.5) is 0 Å². The number of allylic oxidation sites excluding steroid dienone is 4. The molecule has 3 heteroatoms. The maximum atomic E-state index is 3.63. The molecule has 0 aromatic heterocycles. The quantitative estimate of drug-likeness (QED) is 0.646. The van der Waals surface area contributed by atoms with E-state index < -0.39 is 0 Å². The van der Waals surface area contributed by atoms with Gasteiger partial charge in [0.05, 0.1) is 9.15 Å². The van der Waals surface area contributed by atoms with Gasteiger partial charge in [0.25, 0.3) is 0 Å². The molecule has 0 bridgehead atoms. The third-order valence-corrected chi connectivity index (χ3v) is 5.88. The molecule has 0 amide bonds. The first-order chi connectivity index (χ1) is 4.69. The van der Waals surface area contributed by atoms with Gasteiger partial charge in [-0.1, -0.05) is 72.1 Å². The van der Waals surface area contributed by atoms with Crippen LogP contribution < -0.4 is 0 Å². The normalized spacial score (nSPS) is 38.5. The molecule has 1 rings (SSSR count). The Morgan fingerprint density at radius 3 is 2.50 bits per heavy atom. The largest absolute Gasteiger partial charge is 0.0909 e. The van der Waals surface area contributed by atoms with Gasteiger partial charge in [-0.05, 0) is 0 Å². The van der Waals surface area contributed by atoms with E-state index in [4.69, 9.17) is 0 Å². The van der Waals surface area contributed by atoms with Gasteiger partial charge in [-0.25, -0.2) is 0 Å². The summed E-state index contributed by atoms with van der Waals surface area (Å²) in [5.74, 6) is 0. The lowest BCUT2D eigenvalue weighted by molar-refractivity contribution is 0.861. The Bertz CT molecular complexity index is 174. The monoisotopic (exact) mass is 328 g/mol. The Morgan fingerprint density at radius 2 is 2.10 bits per heavy atom. The minimum atomic E-state index is 0.0573. The summed E-state index contributed by atoms with van der Waals surface area (Å²) >= 11 is 10.6. The predicted octanol–water partition coefficient (Wildman–Crippen LogP) is 3.40. The zero-order valence-corrected chi connectivity index (χ0v) is 9.99. The van der Waals surface area contributed by atoms with Crippen molar-refractivity contribution >= 4 is 47.8 Å². The van der Waals surface area contributed by atoms with Gasteiger partial charge in [-0.3, -0.25) is 0 Å². The van der Waals surface area contributed by atoms with Gasteiger partial charge >= 0.3 is 0 Å². The van der Waals surface area contributed by atoms with E-state index in [0.29, 0.717) is 4.83 Å². The SMILES string of the molecule is BrCC1(Br)C=CC=CC1Br. The van der Waals surface area contributed by atoms with Crippen molar-refractivity contribution in [1.82, 2.24) is 0 Å². The highest BCUT2D eigenvalue weighted by Crippen LogP contribution is 2.34. The summed E-state index contributed by atoms with van der Waals surface area (Å²) in [6.45, 7) is 0. The summed E-state index contributed by atoms with van der Waals surface area (Å²) in [6.07, 6.45) is 8.35. The van der Waals surface area contributed by atoms with Crippen LogP contribution in [-0.4, -0.2) is 14.5 Å². The second-order valence-electron chi connectivity index (χ2n) is 2.21. The summed E-state index contributed by atoms with van der Waals surface area (Å²) in [4.78, 5) is 0.379. The van der Waals surface area contributed by atoms with E-state index in [-0.39, 0.29) is 4.32 Å². The standard InChI is InChI=1S/C7H7Br3/c8-5-7(10)4-2-1-3-6(7)9/h1-4,6H,5H2. The van der Waals surface area contributed by atoms with Gasteiger partial charge in [-0.15, -0.1) is 0 Å². The summed E-state index contributed by atoms with van der Waals surface area (Å²) in [5, 5.41) is 0.913. The van der Waals surface area contributed by atoms with E-state index in [1.165, 1.54) is 0 Å². The van der Waals surface area contributed by atoms with Crippen molar-refractivity contribution in [2.24, 2.45) is 0 Å². The van der Waals surface area contributed by atoms with Gasteiger partial charge < -0.3 is 0 Å². The van der Waals surface area contributed by atoms with E-state index in [1.807, 2.05) is 12.2 Å². The molecule has 0 N–H and O–H groups in total. The molecule has 0 fully saturated rings. The molecule has 1 aliphatic rings. The fourth-order valence-corrected chi connectivity index (χ4v) is 2.51. The zero-order valence-electron chi connectivity index (χ0n) is 5.23. The average Bonchev–Trinajstić information content (AvgIpc) is 1.96. The molecule has 10 heavy (non-hydrogen) atoms. The van der Waals surface area contributed by atoms with E-state index in [9.17, 15) is 0 Å². The smallest absolute Gasteiger partial charge is 0.0696 e. The van der Waals surface area contributed by atoms with Gasteiger partial charge in [-0.2, -0.15) is 0 Å². The van der Waals surface area contributed by atoms with Crippen molar-refractivity contribution in [3.8, 4) is 0 Å². The molecule has 1 aliphatic carbocycles. The molecule has 0 aromatic rings. The molecule has 56 valence electrons. The first kappa shape index (κ1) is 9.01. The first-order valence-corrected chi connectivity index (χ1v) is 5.77. The van der Waals surface area contributed by atoms with Crippen LogP contribution >= 0.6 is 47.8 Å². The van der Waals surface area contributed by atoms with Gasteiger partial charge in [0.15, 0.2) is 0 Å². The lowest BCUT2D eigenvalue weighted by Crippen LogP contribution is -2.31. The highest BCUT2D eigenvalue weighted by atomic mass is 79.9. The molecule has 0 radical (unpaired) electrons.